The van der Waals surface area contributed by atoms with Crippen LogP contribution in [0.3, 0.4) is 0 Å². The second-order valence-electron chi connectivity index (χ2n) is 10.2. The molecular formula is C27H36FN5O5S. The predicted molar refractivity (Wildman–Crippen MR) is 145 cm³/mol. The van der Waals surface area contributed by atoms with Crippen molar-refractivity contribution < 1.29 is 27.4 Å². The number of alkyl halides is 1. The minimum Gasteiger partial charge on any atom is -0.493 e. The molecule has 0 aliphatic carbocycles. The van der Waals surface area contributed by atoms with Gasteiger partial charge >= 0.3 is 5.97 Å². The average Bonchev–Trinajstić information content (AvgIpc) is 2.89. The Balaban J connectivity index is 1.42. The third-order valence-electron chi connectivity index (χ3n) is 7.05. The number of hydrogen-bond donors (Lipinski definition) is 4. The predicted octanol–water partition coefficient (Wildman–Crippen LogP) is 2.55. The number of halogens is 1. The van der Waals surface area contributed by atoms with E-state index >= 15 is 0 Å². The van der Waals surface area contributed by atoms with Crippen molar-refractivity contribution in [2.75, 3.05) is 19.7 Å². The van der Waals surface area contributed by atoms with E-state index in [1.165, 1.54) is 23.3 Å². The van der Waals surface area contributed by atoms with Crippen LogP contribution in [0.25, 0.3) is 0 Å². The topological polar surface area (TPSA) is 151 Å². The monoisotopic (exact) mass is 561 g/mol. The van der Waals surface area contributed by atoms with Crippen molar-refractivity contribution in [1.29, 1.82) is 0 Å². The lowest BCUT2D eigenvalue weighted by atomic mass is 9.98. The number of rotatable bonds is 10. The van der Waals surface area contributed by atoms with Crippen molar-refractivity contribution in [3.63, 3.8) is 0 Å². The Morgan fingerprint density at radius 1 is 1.23 bits per heavy atom. The maximum atomic E-state index is 13.5. The molecule has 0 radical (unpaired) electrons. The van der Waals surface area contributed by atoms with E-state index in [-0.39, 0.29) is 23.1 Å². The van der Waals surface area contributed by atoms with Crippen LogP contribution in [0.4, 0.5) is 4.39 Å². The molecule has 10 nitrogen and oxygen atoms in total. The number of carboxylic acids is 1. The first kappa shape index (κ1) is 28.8. The maximum Gasteiger partial charge on any atom is 0.322 e. The van der Waals surface area contributed by atoms with Crippen LogP contribution in [0, 0.1) is 6.92 Å². The Kier molecular flexibility index (Phi) is 9.11. The standard InChI is InChI=1S/C27H36FN5O5S/c1-18-2-5-22(6-3-18)39(36,37)31-24(27(34)35)15-21(29)17-33(30)25-10-13-38-26-14-19(4-7-23(25)26)16-32-11-8-20(28)9-12-32/h2-7,14,17,20,24-25,31H,8-13,15-16,29-30H2,1H3,(H,34,35)/b21-17-. The first-order chi connectivity index (χ1) is 18.5. The van der Waals surface area contributed by atoms with Crippen molar-refractivity contribution in [3.8, 4) is 5.75 Å². The number of aryl methyl sites for hydroxylation is 1. The van der Waals surface area contributed by atoms with Crippen LogP contribution in [0.2, 0.25) is 0 Å². The number of carbonyl (C=O) groups is 1. The number of ether oxygens (including phenoxy) is 1. The molecule has 2 aromatic rings. The first-order valence-electron chi connectivity index (χ1n) is 12.9. The van der Waals surface area contributed by atoms with Gasteiger partial charge in [-0.1, -0.05) is 29.8 Å². The fourth-order valence-corrected chi connectivity index (χ4v) is 6.05. The molecule has 39 heavy (non-hydrogen) atoms. The molecule has 2 heterocycles. The molecule has 2 aliphatic rings. The number of nitrogens with two attached hydrogens (primary N) is 2. The molecule has 12 heteroatoms. The fraction of sp³-hybridized carbons (Fsp3) is 0.444. The lowest BCUT2D eigenvalue weighted by Gasteiger charge is -2.33. The number of piperidine rings is 1. The van der Waals surface area contributed by atoms with Crippen LogP contribution < -0.4 is 21.0 Å². The highest BCUT2D eigenvalue weighted by Crippen LogP contribution is 2.36. The van der Waals surface area contributed by atoms with Crippen LogP contribution in [0.15, 0.2) is 59.3 Å². The number of carboxylic acid groups (broad SMARTS) is 1. The molecule has 1 saturated heterocycles. The van der Waals surface area contributed by atoms with Crippen LogP contribution in [0.5, 0.6) is 5.75 Å². The van der Waals surface area contributed by atoms with Crippen molar-refractivity contribution in [2.45, 2.75) is 62.3 Å². The number of benzene rings is 2. The number of fused-ring (bicyclic) bond motifs is 1. The number of nitrogens with one attached hydrogen (secondary N) is 1. The number of hydrogen-bond acceptors (Lipinski definition) is 8. The number of likely N-dealkylation sites (tertiary alicyclic amines) is 1. The van der Waals surface area contributed by atoms with Gasteiger partial charge in [0, 0.05) is 49.9 Å². The summed E-state index contributed by atoms with van der Waals surface area (Å²) in [5.74, 6) is 5.69. The zero-order valence-corrected chi connectivity index (χ0v) is 22.7. The van der Waals surface area contributed by atoms with Gasteiger partial charge in [0.2, 0.25) is 10.0 Å². The lowest BCUT2D eigenvalue weighted by molar-refractivity contribution is -0.138. The number of sulfonamides is 1. The molecule has 2 aliphatic heterocycles. The number of nitrogens with zero attached hydrogens (tertiary/aromatic N) is 2. The quantitative estimate of drug-likeness (QED) is 0.253. The molecule has 0 spiro atoms. The zero-order valence-electron chi connectivity index (χ0n) is 21.9. The van der Waals surface area contributed by atoms with E-state index in [4.69, 9.17) is 16.3 Å². The molecule has 0 amide bonds. The van der Waals surface area contributed by atoms with E-state index in [0.29, 0.717) is 38.2 Å². The minimum absolute atomic E-state index is 0.0348. The largest absolute Gasteiger partial charge is 0.493 e. The van der Waals surface area contributed by atoms with Gasteiger partial charge in [-0.05, 0) is 43.5 Å². The summed E-state index contributed by atoms with van der Waals surface area (Å²) in [5, 5.41) is 11.1. The van der Waals surface area contributed by atoms with Gasteiger partial charge < -0.3 is 20.6 Å². The summed E-state index contributed by atoms with van der Waals surface area (Å²) >= 11 is 0. The van der Waals surface area contributed by atoms with Crippen LogP contribution in [-0.4, -0.2) is 61.3 Å². The zero-order chi connectivity index (χ0) is 28.2. The molecule has 4 rings (SSSR count). The van der Waals surface area contributed by atoms with Gasteiger partial charge in [-0.15, -0.1) is 0 Å². The van der Waals surface area contributed by atoms with E-state index in [9.17, 15) is 22.7 Å². The molecule has 2 atom stereocenters. The molecular weight excluding hydrogens is 525 g/mol. The molecule has 0 bridgehead atoms. The van der Waals surface area contributed by atoms with Crippen LogP contribution >= 0.6 is 0 Å². The number of aliphatic carboxylic acids is 1. The summed E-state index contributed by atoms with van der Waals surface area (Å²) in [7, 11) is -4.07. The molecule has 2 aromatic carbocycles. The van der Waals surface area contributed by atoms with Crippen molar-refractivity contribution in [2.24, 2.45) is 11.6 Å². The third-order valence-corrected chi connectivity index (χ3v) is 8.54. The number of hydrazine groups is 1. The van der Waals surface area contributed by atoms with Crippen LogP contribution in [-0.2, 0) is 21.4 Å². The SMILES string of the molecule is Cc1ccc(S(=O)(=O)NC(C/C(N)=C/N(N)C2CCOc3cc(CN4CCC(F)CC4)ccc32)C(=O)O)cc1. The summed E-state index contributed by atoms with van der Waals surface area (Å²) in [6.07, 6.45) is 2.12. The highest BCUT2D eigenvalue weighted by Gasteiger charge is 2.28. The van der Waals surface area contributed by atoms with Crippen molar-refractivity contribution >= 4 is 16.0 Å². The first-order valence-corrected chi connectivity index (χ1v) is 14.4. The Bertz CT molecular complexity index is 1300. The smallest absolute Gasteiger partial charge is 0.322 e. The van der Waals surface area contributed by atoms with Gasteiger partial charge in [-0.2, -0.15) is 4.72 Å². The van der Waals surface area contributed by atoms with E-state index in [0.717, 1.165) is 29.8 Å². The van der Waals surface area contributed by atoms with E-state index in [1.807, 2.05) is 25.1 Å². The third kappa shape index (κ3) is 7.47. The summed E-state index contributed by atoms with van der Waals surface area (Å²) in [5.41, 5.74) is 9.05. The molecule has 212 valence electrons. The summed E-state index contributed by atoms with van der Waals surface area (Å²) in [6, 6.07) is 10.3. The molecule has 2 unspecified atom stereocenters. The summed E-state index contributed by atoms with van der Waals surface area (Å²) in [4.78, 5) is 14.0. The molecule has 0 saturated carbocycles. The normalized spacial score (nSPS) is 19.7. The van der Waals surface area contributed by atoms with E-state index in [2.05, 4.69) is 9.62 Å². The van der Waals surface area contributed by atoms with Gasteiger partial charge in [0.15, 0.2) is 0 Å². The van der Waals surface area contributed by atoms with Crippen molar-refractivity contribution in [3.05, 3.63) is 71.1 Å². The molecule has 1 fully saturated rings. The molecule has 0 aromatic heterocycles. The summed E-state index contributed by atoms with van der Waals surface area (Å²) < 4.78 is 47.0. The van der Waals surface area contributed by atoms with Gasteiger partial charge in [0.05, 0.1) is 17.5 Å². The Morgan fingerprint density at radius 3 is 2.59 bits per heavy atom. The second kappa shape index (κ2) is 12.3. The van der Waals surface area contributed by atoms with E-state index < -0.39 is 28.2 Å². The summed E-state index contributed by atoms with van der Waals surface area (Å²) in [6.45, 7) is 4.41. The highest BCUT2D eigenvalue weighted by molar-refractivity contribution is 7.89. The highest BCUT2D eigenvalue weighted by atomic mass is 32.2. The maximum absolute atomic E-state index is 13.5. The fourth-order valence-electron chi connectivity index (χ4n) is 4.86. The Labute approximate surface area is 228 Å². The Morgan fingerprint density at radius 2 is 1.92 bits per heavy atom. The van der Waals surface area contributed by atoms with Gasteiger partial charge in [-0.25, -0.2) is 18.7 Å². The van der Waals surface area contributed by atoms with Gasteiger partial charge in [0.25, 0.3) is 0 Å². The lowest BCUT2D eigenvalue weighted by Crippen LogP contribution is -2.42. The van der Waals surface area contributed by atoms with Crippen molar-refractivity contribution in [1.82, 2.24) is 14.6 Å². The van der Waals surface area contributed by atoms with Gasteiger partial charge in [0.1, 0.15) is 18.0 Å². The average molecular weight is 562 g/mol. The molecule has 6 N–H and O–H groups in total. The minimum atomic E-state index is -4.07. The van der Waals surface area contributed by atoms with Gasteiger partial charge in [-0.3, -0.25) is 9.69 Å². The van der Waals surface area contributed by atoms with Crippen LogP contribution in [0.1, 0.15) is 48.4 Å². The van der Waals surface area contributed by atoms with E-state index in [1.54, 1.807) is 12.1 Å². The Hall–Kier alpha value is -3.19. The second-order valence-corrected chi connectivity index (χ2v) is 11.9.